The minimum atomic E-state index is -2.50. The molecule has 0 aliphatic carbocycles. The summed E-state index contributed by atoms with van der Waals surface area (Å²) in [6, 6.07) is 29.6. The molecule has 90 heavy (non-hydrogen) atoms. The van der Waals surface area contributed by atoms with Crippen LogP contribution >= 0.6 is 23.5 Å². The zero-order valence-electron chi connectivity index (χ0n) is 50.1. The molecule has 2 aliphatic heterocycles. The molecule has 0 radical (unpaired) electrons. The van der Waals surface area contributed by atoms with Gasteiger partial charge in [-0.2, -0.15) is 23.5 Å². The Bertz CT molecular complexity index is 2790. The molecule has 2 saturated heterocycles. The normalized spacial score (nSPS) is 22.6. The summed E-state index contributed by atoms with van der Waals surface area (Å²) in [5.74, 6) is -10.1. The minimum Gasteiger partial charge on any atom is -0.477 e. The van der Waals surface area contributed by atoms with Crippen molar-refractivity contribution >= 4 is 70.9 Å². The van der Waals surface area contributed by atoms with Crippen LogP contribution in [-0.4, -0.2) is 223 Å². The zero-order valence-corrected chi connectivity index (χ0v) is 53.7. The first kappa shape index (κ1) is 74.7. The fraction of sp³-hybridized carbons (Fsp3) is 0.475. The van der Waals surface area contributed by atoms with Gasteiger partial charge in [-0.25, -0.2) is 9.59 Å². The van der Waals surface area contributed by atoms with Crippen LogP contribution in [0.4, 0.5) is 0 Å². The van der Waals surface area contributed by atoms with Gasteiger partial charge in [0, 0.05) is 75.5 Å². The molecule has 0 spiro atoms. The second kappa shape index (κ2) is 36.8. The standard InChI is InChI=1S/C61H78N6O20S2.Na/c1-36(68)66-50-44(70)32-60(58(80)81,86-54(50)52(76)46(72)34-64-56(78)42-19-15-40(16-20-42)38-11-5-3-6-12-38)84-25-9-27-88-29-23-62-48(74)31-49(75)63-24-30-89-28-10-26-85-61(59(82)83)33-45(71)51(67-37(2)69)55(87-61)53(77)47(73)35-65-57(79)43-21-17-41(18-22-43)39-13-7-4-8-14-39;/h3-8,11-22,44-47,50-55,70-73,76-77H,9-10,23-35H2,1-2H3,(H,62,74)(H,63,75)(H,64,78)(H,65,79)(H,66,68)(H,67,69)(H,80,81)(H,82,83);/q;+1/t44-,45-,46+,47+,50+,51+,52?,53?,54+,55+,60+,61+;/m0./s1. The molecule has 4 aromatic rings. The summed E-state index contributed by atoms with van der Waals surface area (Å²) in [7, 11) is 0. The second-order valence-corrected chi connectivity index (χ2v) is 23.7. The van der Waals surface area contributed by atoms with E-state index in [4.69, 9.17) is 18.9 Å². The van der Waals surface area contributed by atoms with Gasteiger partial charge in [0.1, 0.15) is 30.8 Å². The molecule has 2 unspecified atom stereocenters. The van der Waals surface area contributed by atoms with Crippen molar-refractivity contribution in [2.24, 2.45) is 0 Å². The maximum atomic E-state index is 13.0. The van der Waals surface area contributed by atoms with Crippen molar-refractivity contribution in [3.63, 3.8) is 0 Å². The second-order valence-electron chi connectivity index (χ2n) is 21.2. The zero-order chi connectivity index (χ0) is 64.7. The summed E-state index contributed by atoms with van der Waals surface area (Å²) in [6.45, 7) is 1.23. The maximum absolute atomic E-state index is 13.0. The number of carbonyl (C=O) groups excluding carboxylic acids is 6. The molecule has 29 heteroatoms. The van der Waals surface area contributed by atoms with E-state index >= 15 is 0 Å². The summed E-state index contributed by atoms with van der Waals surface area (Å²) in [6.07, 6.45) is -15.3. The molecule has 14 N–H and O–H groups in total. The Morgan fingerprint density at radius 1 is 0.522 bits per heavy atom. The van der Waals surface area contributed by atoms with Crippen LogP contribution in [0.3, 0.4) is 0 Å². The first-order chi connectivity index (χ1) is 42.5. The van der Waals surface area contributed by atoms with Gasteiger partial charge in [-0.1, -0.05) is 84.9 Å². The summed E-state index contributed by atoms with van der Waals surface area (Å²) < 4.78 is 23.0. The first-order valence-electron chi connectivity index (χ1n) is 28.8. The molecule has 4 aromatic carbocycles. The summed E-state index contributed by atoms with van der Waals surface area (Å²) >= 11 is 2.76. The number of aliphatic hydroxyl groups excluding tert-OH is 6. The third kappa shape index (κ3) is 22.1. The third-order valence-corrected chi connectivity index (χ3v) is 16.6. The molecule has 2 heterocycles. The number of aliphatic hydroxyl groups is 6. The Kier molecular flexibility index (Phi) is 30.6. The topological polar surface area (TPSA) is 408 Å². The van der Waals surface area contributed by atoms with Gasteiger partial charge in [0.25, 0.3) is 23.4 Å². The van der Waals surface area contributed by atoms with E-state index in [1.165, 1.54) is 23.5 Å². The minimum absolute atomic E-state index is 0. The van der Waals surface area contributed by atoms with Gasteiger partial charge in [-0.3, -0.25) is 28.8 Å². The predicted octanol–water partition coefficient (Wildman–Crippen LogP) is -2.60. The molecule has 0 bridgehead atoms. The third-order valence-electron chi connectivity index (χ3n) is 14.4. The number of hydrogen-bond donors (Lipinski definition) is 14. The van der Waals surface area contributed by atoms with Gasteiger partial charge in [0.2, 0.25) is 23.6 Å². The first-order valence-corrected chi connectivity index (χ1v) is 31.1. The molecule has 484 valence electrons. The quantitative estimate of drug-likeness (QED) is 0.0130. The molecule has 2 aliphatic rings. The van der Waals surface area contributed by atoms with Gasteiger partial charge in [-0.05, 0) is 70.9 Å². The number of carbonyl (C=O) groups is 8. The van der Waals surface area contributed by atoms with Crippen molar-refractivity contribution in [1.82, 2.24) is 31.9 Å². The van der Waals surface area contributed by atoms with Gasteiger partial charge >= 0.3 is 41.5 Å². The number of ether oxygens (including phenoxy) is 4. The molecular weight excluding hydrogens is 1220 g/mol. The van der Waals surface area contributed by atoms with Crippen molar-refractivity contribution in [3.05, 3.63) is 120 Å². The summed E-state index contributed by atoms with van der Waals surface area (Å²) in [5.41, 5.74) is 4.14. The van der Waals surface area contributed by atoms with E-state index in [2.05, 4.69) is 31.9 Å². The van der Waals surface area contributed by atoms with E-state index in [9.17, 15) is 79.2 Å². The number of rotatable bonds is 34. The summed E-state index contributed by atoms with van der Waals surface area (Å²) in [4.78, 5) is 100. The van der Waals surface area contributed by atoms with E-state index < -0.39 is 152 Å². The molecule has 6 amide bonds. The molecule has 0 saturated carbocycles. The fourth-order valence-corrected chi connectivity index (χ4v) is 11.4. The number of carboxylic acids is 2. The Labute approximate surface area is 550 Å². The number of hydrogen-bond acceptors (Lipinski definition) is 20. The van der Waals surface area contributed by atoms with Gasteiger partial charge in [-0.15, -0.1) is 0 Å². The van der Waals surface area contributed by atoms with Crippen LogP contribution in [0, 0.1) is 0 Å². The van der Waals surface area contributed by atoms with E-state index in [0.29, 0.717) is 23.0 Å². The van der Waals surface area contributed by atoms with Gasteiger partial charge < -0.3 is 91.7 Å². The number of aliphatic carboxylic acids is 2. The van der Waals surface area contributed by atoms with Crippen LogP contribution < -0.4 is 61.5 Å². The monoisotopic (exact) mass is 1300 g/mol. The van der Waals surface area contributed by atoms with Crippen molar-refractivity contribution < 1.29 is 128 Å². The number of nitrogens with one attached hydrogen (secondary N) is 6. The SMILES string of the molecule is CC(=O)N[C@@H]1[C@@H](O)C[C@](OCCCSCCNC(=O)CC(=O)NCCSCCCO[C@]2(C(=O)O)C[C@H](O)[C@@H](NC(C)=O)[C@H](C(O)[C@H](O)CNC(=O)c3ccc(-c4ccccc4)cc3)O2)(C(=O)O)O[C@H]1C(O)[C@H](O)CNC(=O)c1ccc(-c2ccccc2)cc1.[Na+]. The van der Waals surface area contributed by atoms with E-state index in [-0.39, 0.29) is 79.8 Å². The van der Waals surface area contributed by atoms with Crippen molar-refractivity contribution in [2.75, 3.05) is 62.4 Å². The van der Waals surface area contributed by atoms with Crippen LogP contribution in [0.2, 0.25) is 0 Å². The van der Waals surface area contributed by atoms with Gasteiger partial charge in [0.15, 0.2) is 0 Å². The smallest absolute Gasteiger partial charge is 0.477 e. The molecule has 0 aromatic heterocycles. The number of benzene rings is 4. The number of thioether (sulfide) groups is 2. The van der Waals surface area contributed by atoms with E-state index in [1.54, 1.807) is 48.5 Å². The Morgan fingerprint density at radius 3 is 1.20 bits per heavy atom. The Hall–Kier alpha value is -6.06. The van der Waals surface area contributed by atoms with Crippen LogP contribution in [0.25, 0.3) is 22.3 Å². The molecule has 12 atom stereocenters. The van der Waals surface area contributed by atoms with Crippen LogP contribution in [-0.2, 0) is 47.7 Å². The Morgan fingerprint density at radius 2 is 0.867 bits per heavy atom. The maximum Gasteiger partial charge on any atom is 1.00 e. The van der Waals surface area contributed by atoms with Crippen molar-refractivity contribution in [1.29, 1.82) is 0 Å². The average Bonchev–Trinajstić information content (AvgIpc) is 0.803. The average molecular weight is 1300 g/mol. The van der Waals surface area contributed by atoms with Crippen LogP contribution in [0.15, 0.2) is 109 Å². The van der Waals surface area contributed by atoms with Crippen molar-refractivity contribution in [3.8, 4) is 22.3 Å². The molecule has 6 rings (SSSR count). The van der Waals surface area contributed by atoms with Crippen molar-refractivity contribution in [2.45, 2.75) is 118 Å². The van der Waals surface area contributed by atoms with E-state index in [0.717, 1.165) is 36.1 Å². The number of carboxylic acid groups (broad SMARTS) is 2. The molecule has 26 nitrogen and oxygen atoms in total. The molecule has 2 fully saturated rings. The molecular formula is C61H78N6NaO20S2+. The van der Waals surface area contributed by atoms with Crippen LogP contribution in [0.5, 0.6) is 0 Å². The van der Waals surface area contributed by atoms with Gasteiger partial charge in [0.05, 0.1) is 49.7 Å². The van der Waals surface area contributed by atoms with Crippen LogP contribution in [0.1, 0.15) is 66.7 Å². The summed E-state index contributed by atoms with van der Waals surface area (Å²) in [5, 5.41) is 103. The fourth-order valence-electron chi connectivity index (χ4n) is 9.86. The van der Waals surface area contributed by atoms with E-state index in [1.807, 2.05) is 60.7 Å². The predicted molar refractivity (Wildman–Crippen MR) is 326 cm³/mol. The number of amides is 6. The largest absolute Gasteiger partial charge is 1.00 e. The Balaban J connectivity index is 0.0000147.